The number of aromatic nitrogens is 2. The van der Waals surface area contributed by atoms with E-state index in [-0.39, 0.29) is 17.0 Å². The highest BCUT2D eigenvalue weighted by molar-refractivity contribution is 6.13. The summed E-state index contributed by atoms with van der Waals surface area (Å²) in [6, 6.07) is 14.5. The van der Waals surface area contributed by atoms with Crippen LogP contribution in [0.3, 0.4) is 0 Å². The van der Waals surface area contributed by atoms with Gasteiger partial charge in [-0.15, -0.1) is 0 Å². The summed E-state index contributed by atoms with van der Waals surface area (Å²) in [6.07, 6.45) is -4.67. The Morgan fingerprint density at radius 3 is 2.51 bits per heavy atom. The van der Waals surface area contributed by atoms with Crippen molar-refractivity contribution in [3.05, 3.63) is 71.4 Å². The number of benzene rings is 2. The van der Waals surface area contributed by atoms with Crippen LogP contribution in [0.2, 0.25) is 0 Å². The number of carbonyl (C=O) groups is 1. The van der Waals surface area contributed by atoms with E-state index < -0.39 is 17.6 Å². The molecule has 2 aromatic carbocycles. The number of anilines is 2. The molecule has 0 spiro atoms. The first kappa shape index (κ1) is 22.9. The number of pyridine rings is 1. The largest absolute Gasteiger partial charge is 0.418 e. The van der Waals surface area contributed by atoms with Gasteiger partial charge in [0, 0.05) is 24.3 Å². The number of hydrogen-bond acceptors (Lipinski definition) is 6. The summed E-state index contributed by atoms with van der Waals surface area (Å²) >= 11 is 0. The van der Waals surface area contributed by atoms with Crippen LogP contribution in [0.4, 0.5) is 24.5 Å². The number of halogens is 3. The second-order valence-corrected chi connectivity index (χ2v) is 8.15. The maximum atomic E-state index is 14.0. The van der Waals surface area contributed by atoms with E-state index in [0.29, 0.717) is 48.8 Å². The summed E-state index contributed by atoms with van der Waals surface area (Å²) in [6.45, 7) is 3.52. The molecule has 0 saturated carbocycles. The van der Waals surface area contributed by atoms with Crippen molar-refractivity contribution in [1.82, 2.24) is 10.1 Å². The summed E-state index contributed by atoms with van der Waals surface area (Å²) in [5.74, 6) is -0.717. The molecule has 180 valence electrons. The number of aryl methyl sites for hydroxylation is 1. The van der Waals surface area contributed by atoms with Gasteiger partial charge in [-0.3, -0.25) is 4.79 Å². The Hall–Kier alpha value is -3.92. The minimum absolute atomic E-state index is 0.123. The third-order valence-electron chi connectivity index (χ3n) is 5.86. The topological polar surface area (TPSA) is 80.5 Å². The van der Waals surface area contributed by atoms with E-state index in [2.05, 4.69) is 15.5 Å². The standard InChI is InChI=1S/C25H21F3N4O3/c1-15-22-18(14-21(30-24(22)35-31-15)16-5-3-2-4-6-16)23(33)29-20-8-7-17(13-19(20)25(26,27)28)32-9-11-34-12-10-32/h2-8,13-14H,9-12H2,1H3,(H,29,33). The Morgan fingerprint density at radius 1 is 1.06 bits per heavy atom. The molecular weight excluding hydrogens is 461 g/mol. The number of carbonyl (C=O) groups excluding carboxylic acids is 1. The first-order valence-electron chi connectivity index (χ1n) is 11.0. The first-order chi connectivity index (χ1) is 16.8. The number of alkyl halides is 3. The second-order valence-electron chi connectivity index (χ2n) is 8.15. The molecule has 0 bridgehead atoms. The summed E-state index contributed by atoms with van der Waals surface area (Å²) in [5.41, 5.74) is 1.000. The molecule has 1 aliphatic rings. The predicted molar refractivity (Wildman–Crippen MR) is 124 cm³/mol. The number of amides is 1. The molecule has 0 aliphatic carbocycles. The van der Waals surface area contributed by atoms with E-state index in [9.17, 15) is 18.0 Å². The van der Waals surface area contributed by atoms with E-state index in [1.165, 1.54) is 12.1 Å². The Balaban J connectivity index is 1.54. The van der Waals surface area contributed by atoms with Gasteiger partial charge in [0.2, 0.25) is 0 Å². The molecule has 10 heteroatoms. The zero-order valence-electron chi connectivity index (χ0n) is 18.7. The molecule has 35 heavy (non-hydrogen) atoms. The summed E-state index contributed by atoms with van der Waals surface area (Å²) in [5, 5.41) is 6.69. The number of rotatable bonds is 4. The van der Waals surface area contributed by atoms with Crippen LogP contribution in [-0.4, -0.2) is 42.4 Å². The molecule has 7 nitrogen and oxygen atoms in total. The zero-order valence-corrected chi connectivity index (χ0v) is 18.7. The molecular formula is C25H21F3N4O3. The molecule has 5 rings (SSSR count). The highest BCUT2D eigenvalue weighted by Gasteiger charge is 2.35. The summed E-state index contributed by atoms with van der Waals surface area (Å²) in [7, 11) is 0. The van der Waals surface area contributed by atoms with Crippen LogP contribution in [0.25, 0.3) is 22.4 Å². The third-order valence-corrected chi connectivity index (χ3v) is 5.86. The maximum Gasteiger partial charge on any atom is 0.418 e. The number of fused-ring (bicyclic) bond motifs is 1. The van der Waals surface area contributed by atoms with E-state index in [1.54, 1.807) is 13.0 Å². The van der Waals surface area contributed by atoms with Crippen molar-refractivity contribution >= 4 is 28.4 Å². The van der Waals surface area contributed by atoms with Crippen LogP contribution in [0, 0.1) is 6.92 Å². The Morgan fingerprint density at radius 2 is 1.80 bits per heavy atom. The van der Waals surface area contributed by atoms with Crippen molar-refractivity contribution in [3.63, 3.8) is 0 Å². The van der Waals surface area contributed by atoms with Gasteiger partial charge in [0.1, 0.15) is 0 Å². The molecule has 1 saturated heterocycles. The Labute approximate surface area is 198 Å². The lowest BCUT2D eigenvalue weighted by atomic mass is 10.0. The van der Waals surface area contributed by atoms with Gasteiger partial charge in [0.05, 0.1) is 46.8 Å². The van der Waals surface area contributed by atoms with Crippen molar-refractivity contribution < 1.29 is 27.2 Å². The van der Waals surface area contributed by atoms with Gasteiger partial charge in [0.15, 0.2) is 0 Å². The van der Waals surface area contributed by atoms with Crippen molar-refractivity contribution in [2.75, 3.05) is 36.5 Å². The normalized spacial score (nSPS) is 14.3. The van der Waals surface area contributed by atoms with E-state index >= 15 is 0 Å². The van der Waals surface area contributed by atoms with Crippen molar-refractivity contribution in [2.24, 2.45) is 0 Å². The maximum absolute atomic E-state index is 14.0. The van der Waals surface area contributed by atoms with Crippen molar-refractivity contribution in [1.29, 1.82) is 0 Å². The minimum atomic E-state index is -4.67. The molecule has 1 aliphatic heterocycles. The predicted octanol–water partition coefficient (Wildman–Crippen LogP) is 5.31. The zero-order chi connectivity index (χ0) is 24.6. The number of ether oxygens (including phenoxy) is 1. The Kier molecular flexibility index (Phi) is 5.89. The smallest absolute Gasteiger partial charge is 0.378 e. The second kappa shape index (κ2) is 9.03. The van der Waals surface area contributed by atoms with Gasteiger partial charge >= 0.3 is 6.18 Å². The molecule has 1 amide bonds. The lowest BCUT2D eigenvalue weighted by Gasteiger charge is -2.29. The minimum Gasteiger partial charge on any atom is -0.378 e. The van der Waals surface area contributed by atoms with E-state index in [4.69, 9.17) is 9.26 Å². The van der Waals surface area contributed by atoms with Crippen LogP contribution in [-0.2, 0) is 10.9 Å². The average molecular weight is 482 g/mol. The quantitative estimate of drug-likeness (QED) is 0.425. The molecule has 3 heterocycles. The monoisotopic (exact) mass is 482 g/mol. The van der Waals surface area contributed by atoms with Gasteiger partial charge in [-0.25, -0.2) is 4.98 Å². The molecule has 4 aromatic rings. The third kappa shape index (κ3) is 4.57. The lowest BCUT2D eigenvalue weighted by Crippen LogP contribution is -2.36. The first-order valence-corrected chi connectivity index (χ1v) is 11.0. The van der Waals surface area contributed by atoms with Crippen LogP contribution >= 0.6 is 0 Å². The summed E-state index contributed by atoms with van der Waals surface area (Å²) in [4.78, 5) is 19.6. The van der Waals surface area contributed by atoms with Crippen LogP contribution in [0.5, 0.6) is 0 Å². The highest BCUT2D eigenvalue weighted by atomic mass is 19.4. The molecule has 0 radical (unpaired) electrons. The molecule has 0 unspecified atom stereocenters. The average Bonchev–Trinajstić information content (AvgIpc) is 3.24. The van der Waals surface area contributed by atoms with Crippen molar-refractivity contribution in [3.8, 4) is 11.3 Å². The van der Waals surface area contributed by atoms with Gasteiger partial charge in [0.25, 0.3) is 11.6 Å². The lowest BCUT2D eigenvalue weighted by molar-refractivity contribution is -0.136. The highest BCUT2D eigenvalue weighted by Crippen LogP contribution is 2.38. The molecule has 1 fully saturated rings. The van der Waals surface area contributed by atoms with E-state index in [1.807, 2.05) is 35.2 Å². The molecule has 1 N–H and O–H groups in total. The Bertz CT molecular complexity index is 1380. The number of morpholine rings is 1. The number of nitrogens with zero attached hydrogens (tertiary/aromatic N) is 3. The fraction of sp³-hybridized carbons (Fsp3) is 0.240. The van der Waals surface area contributed by atoms with Crippen LogP contribution < -0.4 is 10.2 Å². The van der Waals surface area contributed by atoms with Gasteiger partial charge < -0.3 is 19.5 Å². The number of nitrogens with one attached hydrogen (secondary N) is 1. The summed E-state index contributed by atoms with van der Waals surface area (Å²) < 4.78 is 52.5. The SMILES string of the molecule is Cc1noc2nc(-c3ccccc3)cc(C(=O)Nc3ccc(N4CCOCC4)cc3C(F)(F)F)c12. The van der Waals surface area contributed by atoms with Gasteiger partial charge in [-0.1, -0.05) is 35.5 Å². The fourth-order valence-corrected chi connectivity index (χ4v) is 4.11. The number of hydrogen-bond donors (Lipinski definition) is 1. The fourth-order valence-electron chi connectivity index (χ4n) is 4.11. The van der Waals surface area contributed by atoms with Crippen LogP contribution in [0.1, 0.15) is 21.6 Å². The van der Waals surface area contributed by atoms with Gasteiger partial charge in [-0.05, 0) is 31.2 Å². The van der Waals surface area contributed by atoms with E-state index in [0.717, 1.165) is 11.6 Å². The molecule has 2 aromatic heterocycles. The van der Waals surface area contributed by atoms with Gasteiger partial charge in [-0.2, -0.15) is 13.2 Å². The van der Waals surface area contributed by atoms with Crippen LogP contribution in [0.15, 0.2) is 59.1 Å². The molecule has 0 atom stereocenters. The van der Waals surface area contributed by atoms with Crippen molar-refractivity contribution in [2.45, 2.75) is 13.1 Å².